The molecule has 0 radical (unpaired) electrons. The van der Waals surface area contributed by atoms with Crippen molar-refractivity contribution in [2.45, 2.75) is 18.9 Å². The van der Waals surface area contributed by atoms with Crippen molar-refractivity contribution in [2.24, 2.45) is 0 Å². The van der Waals surface area contributed by atoms with Crippen molar-refractivity contribution in [1.82, 2.24) is 4.98 Å². The first-order chi connectivity index (χ1) is 8.31. The molecule has 2 aromatic rings. The van der Waals surface area contributed by atoms with Gasteiger partial charge in [0.2, 0.25) is 0 Å². The molecule has 2 N–H and O–H groups in total. The molecule has 17 heavy (non-hydrogen) atoms. The first-order valence-electron chi connectivity index (χ1n) is 6.00. The number of aromatic amines is 1. The second kappa shape index (κ2) is 4.53. The number of aromatic nitrogens is 1. The van der Waals surface area contributed by atoms with Gasteiger partial charge in [-0.1, -0.05) is 0 Å². The van der Waals surface area contributed by atoms with E-state index >= 15 is 0 Å². The lowest BCUT2D eigenvalue weighted by Gasteiger charge is -2.23. The van der Waals surface area contributed by atoms with Gasteiger partial charge in [-0.05, 0) is 37.1 Å². The fourth-order valence-electron chi connectivity index (χ4n) is 2.32. The van der Waals surface area contributed by atoms with Crippen LogP contribution < -0.4 is 5.32 Å². The average molecular weight is 248 g/mol. The van der Waals surface area contributed by atoms with Crippen LogP contribution in [0.4, 0.5) is 5.69 Å². The van der Waals surface area contributed by atoms with E-state index in [1.165, 1.54) is 10.9 Å². The SMILES string of the molecule is O=S1CCC(Nc2ccc3[nH]ccc3c2)CC1. The summed E-state index contributed by atoms with van der Waals surface area (Å²) >= 11 is 0. The van der Waals surface area contributed by atoms with Crippen LogP contribution in [0.5, 0.6) is 0 Å². The second-order valence-electron chi connectivity index (χ2n) is 4.55. The van der Waals surface area contributed by atoms with Crippen molar-refractivity contribution in [3.8, 4) is 0 Å². The van der Waals surface area contributed by atoms with Crippen molar-refractivity contribution in [2.75, 3.05) is 16.8 Å². The summed E-state index contributed by atoms with van der Waals surface area (Å²) in [6.45, 7) is 0. The summed E-state index contributed by atoms with van der Waals surface area (Å²) in [5, 5.41) is 4.77. The molecule has 1 fully saturated rings. The Hall–Kier alpha value is -1.29. The van der Waals surface area contributed by atoms with E-state index in [1.807, 2.05) is 6.20 Å². The van der Waals surface area contributed by atoms with Crippen molar-refractivity contribution in [3.63, 3.8) is 0 Å². The second-order valence-corrected chi connectivity index (χ2v) is 6.24. The number of H-pyrrole nitrogens is 1. The molecule has 3 rings (SSSR count). The molecule has 3 nitrogen and oxygen atoms in total. The predicted molar refractivity (Wildman–Crippen MR) is 72.8 cm³/mol. The van der Waals surface area contributed by atoms with Crippen molar-refractivity contribution < 1.29 is 4.21 Å². The number of hydrogen-bond acceptors (Lipinski definition) is 2. The molecule has 0 saturated carbocycles. The van der Waals surface area contributed by atoms with Crippen LogP contribution in [0.15, 0.2) is 30.5 Å². The summed E-state index contributed by atoms with van der Waals surface area (Å²) in [7, 11) is -0.580. The molecule has 1 aliphatic rings. The third-order valence-electron chi connectivity index (χ3n) is 3.31. The van der Waals surface area contributed by atoms with Crippen LogP contribution in [0.3, 0.4) is 0 Å². The Morgan fingerprint density at radius 1 is 1.24 bits per heavy atom. The third-order valence-corrected chi connectivity index (χ3v) is 4.69. The van der Waals surface area contributed by atoms with Gasteiger partial charge in [-0.2, -0.15) is 0 Å². The van der Waals surface area contributed by atoms with Crippen LogP contribution in [0, 0.1) is 0 Å². The largest absolute Gasteiger partial charge is 0.382 e. The van der Waals surface area contributed by atoms with Gasteiger partial charge in [-0.25, -0.2) is 0 Å². The standard InChI is InChI=1S/C13H16N2OS/c16-17-7-4-11(5-8-17)15-12-1-2-13-10(9-12)3-6-14-13/h1-3,6,9,11,14-15H,4-5,7-8H2. The normalized spacial score (nSPS) is 24.9. The summed E-state index contributed by atoms with van der Waals surface area (Å²) in [5.74, 6) is 1.67. The molecule has 0 spiro atoms. The molecule has 1 saturated heterocycles. The molecule has 0 aliphatic carbocycles. The molecule has 0 unspecified atom stereocenters. The Kier molecular flexibility index (Phi) is 2.89. The van der Waals surface area contributed by atoms with Crippen LogP contribution in [0.25, 0.3) is 10.9 Å². The molecule has 1 aromatic heterocycles. The smallest absolute Gasteiger partial charge is 0.0455 e. The zero-order valence-corrected chi connectivity index (χ0v) is 10.4. The van der Waals surface area contributed by atoms with Gasteiger partial charge in [0, 0.05) is 51.1 Å². The number of hydrogen-bond donors (Lipinski definition) is 2. The van der Waals surface area contributed by atoms with E-state index in [4.69, 9.17) is 0 Å². The molecule has 0 atom stereocenters. The van der Waals surface area contributed by atoms with Gasteiger partial charge in [-0.3, -0.25) is 4.21 Å². The Morgan fingerprint density at radius 3 is 2.88 bits per heavy atom. The van der Waals surface area contributed by atoms with E-state index in [9.17, 15) is 4.21 Å². The summed E-state index contributed by atoms with van der Waals surface area (Å²) in [6.07, 6.45) is 3.98. The van der Waals surface area contributed by atoms with Gasteiger partial charge in [0.05, 0.1) is 0 Å². The van der Waals surface area contributed by atoms with Crippen molar-refractivity contribution >= 4 is 27.4 Å². The lowest BCUT2D eigenvalue weighted by Crippen LogP contribution is -2.29. The monoisotopic (exact) mass is 248 g/mol. The maximum Gasteiger partial charge on any atom is 0.0455 e. The Balaban J connectivity index is 1.73. The quantitative estimate of drug-likeness (QED) is 0.857. The van der Waals surface area contributed by atoms with Crippen molar-refractivity contribution in [3.05, 3.63) is 30.5 Å². The molecule has 1 aromatic carbocycles. The number of anilines is 1. The van der Waals surface area contributed by atoms with E-state index in [2.05, 4.69) is 34.6 Å². The van der Waals surface area contributed by atoms with Crippen LogP contribution in [0.1, 0.15) is 12.8 Å². The van der Waals surface area contributed by atoms with E-state index < -0.39 is 10.8 Å². The summed E-state index contributed by atoms with van der Waals surface area (Å²) in [5.41, 5.74) is 2.33. The lowest BCUT2D eigenvalue weighted by molar-refractivity contribution is 0.624. The van der Waals surface area contributed by atoms with Gasteiger partial charge in [0.25, 0.3) is 0 Å². The fourth-order valence-corrected chi connectivity index (χ4v) is 3.62. The van der Waals surface area contributed by atoms with E-state index in [-0.39, 0.29) is 0 Å². The van der Waals surface area contributed by atoms with E-state index in [0.29, 0.717) is 6.04 Å². The molecule has 90 valence electrons. The van der Waals surface area contributed by atoms with Crippen LogP contribution in [-0.4, -0.2) is 26.7 Å². The fraction of sp³-hybridized carbons (Fsp3) is 0.385. The highest BCUT2D eigenvalue weighted by molar-refractivity contribution is 7.85. The topological polar surface area (TPSA) is 44.9 Å². The molecule has 4 heteroatoms. The minimum atomic E-state index is -0.580. The van der Waals surface area contributed by atoms with Crippen molar-refractivity contribution in [1.29, 1.82) is 0 Å². The maximum absolute atomic E-state index is 11.3. The minimum Gasteiger partial charge on any atom is -0.382 e. The first kappa shape index (κ1) is 10.8. The summed E-state index contributed by atoms with van der Waals surface area (Å²) in [6, 6.07) is 8.92. The van der Waals surface area contributed by atoms with Gasteiger partial charge < -0.3 is 10.3 Å². The van der Waals surface area contributed by atoms with E-state index in [0.717, 1.165) is 30.0 Å². The summed E-state index contributed by atoms with van der Waals surface area (Å²) in [4.78, 5) is 3.19. The molecular formula is C13H16N2OS. The Labute approximate surface area is 103 Å². The Bertz CT molecular complexity index is 539. The van der Waals surface area contributed by atoms with Gasteiger partial charge in [0.15, 0.2) is 0 Å². The van der Waals surface area contributed by atoms with Crippen LogP contribution in [0.2, 0.25) is 0 Å². The maximum atomic E-state index is 11.3. The lowest BCUT2D eigenvalue weighted by atomic mass is 10.1. The minimum absolute atomic E-state index is 0.476. The average Bonchev–Trinajstić information content (AvgIpc) is 2.79. The number of benzene rings is 1. The van der Waals surface area contributed by atoms with Gasteiger partial charge >= 0.3 is 0 Å². The molecule has 1 aliphatic heterocycles. The Morgan fingerprint density at radius 2 is 2.06 bits per heavy atom. The first-order valence-corrected chi connectivity index (χ1v) is 7.49. The molecule has 2 heterocycles. The third kappa shape index (κ3) is 2.36. The van der Waals surface area contributed by atoms with Crippen LogP contribution in [-0.2, 0) is 10.8 Å². The summed E-state index contributed by atoms with van der Waals surface area (Å²) < 4.78 is 11.3. The highest BCUT2D eigenvalue weighted by atomic mass is 32.2. The molecule has 0 amide bonds. The number of rotatable bonds is 2. The predicted octanol–water partition coefficient (Wildman–Crippen LogP) is 2.49. The zero-order valence-electron chi connectivity index (χ0n) is 9.61. The van der Waals surface area contributed by atoms with E-state index in [1.54, 1.807) is 0 Å². The van der Waals surface area contributed by atoms with Crippen LogP contribution >= 0.6 is 0 Å². The van der Waals surface area contributed by atoms with Gasteiger partial charge in [-0.15, -0.1) is 0 Å². The molecular weight excluding hydrogens is 232 g/mol. The highest BCUT2D eigenvalue weighted by Crippen LogP contribution is 2.21. The molecule has 0 bridgehead atoms. The highest BCUT2D eigenvalue weighted by Gasteiger charge is 2.17. The zero-order chi connectivity index (χ0) is 11.7. The number of nitrogens with one attached hydrogen (secondary N) is 2. The number of fused-ring (bicyclic) bond motifs is 1. The van der Waals surface area contributed by atoms with Gasteiger partial charge in [0.1, 0.15) is 0 Å².